The fraction of sp³-hybridized carbons (Fsp3) is 0.312. The standard InChI is InChI=1S/C16H15ClN2O4S/c1-23-12(20)8-10-15(21)18-6-7-19(10)16(22)14-13(17)9-4-2-3-5-11(9)24-14/h2-5,10H,6-8H2,1H3,(H,18,21)/t10-/m1/s1. The van der Waals surface area contributed by atoms with Crippen LogP contribution in [0.25, 0.3) is 10.1 Å². The van der Waals surface area contributed by atoms with E-state index in [-0.39, 0.29) is 18.2 Å². The summed E-state index contributed by atoms with van der Waals surface area (Å²) >= 11 is 7.64. The molecule has 0 aliphatic carbocycles. The Kier molecular flexibility index (Phi) is 4.73. The van der Waals surface area contributed by atoms with E-state index in [2.05, 4.69) is 10.1 Å². The van der Waals surface area contributed by atoms with Crippen LogP contribution in [0.2, 0.25) is 5.02 Å². The van der Waals surface area contributed by atoms with Gasteiger partial charge in [-0.05, 0) is 6.07 Å². The minimum atomic E-state index is -0.889. The largest absolute Gasteiger partial charge is 0.469 e. The molecular weight excluding hydrogens is 352 g/mol. The molecule has 1 aliphatic rings. The third kappa shape index (κ3) is 2.97. The summed E-state index contributed by atoms with van der Waals surface area (Å²) < 4.78 is 5.53. The molecule has 1 N–H and O–H groups in total. The van der Waals surface area contributed by atoms with Gasteiger partial charge in [-0.1, -0.05) is 29.8 Å². The zero-order chi connectivity index (χ0) is 17.3. The molecule has 0 spiro atoms. The van der Waals surface area contributed by atoms with Gasteiger partial charge in [0.15, 0.2) is 0 Å². The molecule has 6 nitrogen and oxygen atoms in total. The van der Waals surface area contributed by atoms with Crippen LogP contribution in [-0.2, 0) is 14.3 Å². The predicted molar refractivity (Wildman–Crippen MR) is 91.3 cm³/mol. The second-order valence-electron chi connectivity index (χ2n) is 5.33. The van der Waals surface area contributed by atoms with E-state index >= 15 is 0 Å². The summed E-state index contributed by atoms with van der Waals surface area (Å²) in [6.07, 6.45) is -0.184. The third-order valence-corrected chi connectivity index (χ3v) is 5.57. The van der Waals surface area contributed by atoms with Crippen molar-refractivity contribution in [1.29, 1.82) is 0 Å². The molecule has 1 aromatic carbocycles. The molecule has 1 aliphatic heterocycles. The number of ether oxygens (including phenoxy) is 1. The number of hydrogen-bond acceptors (Lipinski definition) is 5. The van der Waals surface area contributed by atoms with E-state index in [1.807, 2.05) is 24.3 Å². The SMILES string of the molecule is COC(=O)C[C@@H]1C(=O)NCCN1C(=O)c1sc2ccccc2c1Cl. The number of amides is 2. The smallest absolute Gasteiger partial charge is 0.308 e. The molecule has 3 rings (SSSR count). The molecule has 126 valence electrons. The Bertz CT molecular complexity index is 820. The van der Waals surface area contributed by atoms with Crippen LogP contribution < -0.4 is 5.32 Å². The number of fused-ring (bicyclic) bond motifs is 1. The second kappa shape index (κ2) is 6.78. The number of halogens is 1. The van der Waals surface area contributed by atoms with Crippen LogP contribution in [-0.4, -0.2) is 48.9 Å². The van der Waals surface area contributed by atoms with E-state index in [0.29, 0.717) is 23.0 Å². The summed E-state index contributed by atoms with van der Waals surface area (Å²) in [5, 5.41) is 3.85. The number of piperazine rings is 1. The number of hydrogen-bond donors (Lipinski definition) is 1. The first-order valence-corrected chi connectivity index (χ1v) is 8.55. The van der Waals surface area contributed by atoms with Crippen molar-refractivity contribution in [2.75, 3.05) is 20.2 Å². The Morgan fingerprint density at radius 3 is 2.88 bits per heavy atom. The first kappa shape index (κ1) is 16.7. The molecule has 2 aromatic rings. The summed E-state index contributed by atoms with van der Waals surface area (Å²) in [6, 6.07) is 6.57. The Morgan fingerprint density at radius 1 is 1.42 bits per heavy atom. The van der Waals surface area contributed by atoms with E-state index in [9.17, 15) is 14.4 Å². The maximum Gasteiger partial charge on any atom is 0.308 e. The van der Waals surface area contributed by atoms with Crippen LogP contribution >= 0.6 is 22.9 Å². The van der Waals surface area contributed by atoms with Crippen LogP contribution in [0.3, 0.4) is 0 Å². The molecule has 1 saturated heterocycles. The second-order valence-corrected chi connectivity index (χ2v) is 6.76. The van der Waals surface area contributed by atoms with Crippen LogP contribution in [0.1, 0.15) is 16.1 Å². The lowest BCUT2D eigenvalue weighted by Gasteiger charge is -2.34. The molecule has 2 amide bonds. The molecule has 8 heteroatoms. The van der Waals surface area contributed by atoms with Crippen LogP contribution in [0, 0.1) is 0 Å². The fourth-order valence-corrected chi connectivity index (χ4v) is 4.15. The molecule has 0 radical (unpaired) electrons. The normalized spacial score (nSPS) is 17.7. The highest BCUT2D eigenvalue weighted by molar-refractivity contribution is 7.21. The zero-order valence-electron chi connectivity index (χ0n) is 12.9. The van der Waals surface area contributed by atoms with Crippen molar-refractivity contribution in [1.82, 2.24) is 10.2 Å². The molecule has 1 aromatic heterocycles. The lowest BCUT2D eigenvalue weighted by molar-refractivity contribution is -0.145. The van der Waals surface area contributed by atoms with Gasteiger partial charge >= 0.3 is 5.97 Å². The van der Waals surface area contributed by atoms with Crippen molar-refractivity contribution in [3.05, 3.63) is 34.2 Å². The monoisotopic (exact) mass is 366 g/mol. The van der Waals surface area contributed by atoms with E-state index in [0.717, 1.165) is 10.1 Å². The van der Waals surface area contributed by atoms with Gasteiger partial charge in [0.1, 0.15) is 10.9 Å². The van der Waals surface area contributed by atoms with Gasteiger partial charge in [-0.25, -0.2) is 0 Å². The van der Waals surface area contributed by atoms with Gasteiger partial charge in [-0.15, -0.1) is 11.3 Å². The summed E-state index contributed by atoms with van der Waals surface area (Å²) in [5.41, 5.74) is 0. The molecule has 24 heavy (non-hydrogen) atoms. The van der Waals surface area contributed by atoms with Gasteiger partial charge in [0, 0.05) is 23.2 Å². The number of methoxy groups -OCH3 is 1. The first-order valence-electron chi connectivity index (χ1n) is 7.35. The number of nitrogens with one attached hydrogen (secondary N) is 1. The third-order valence-electron chi connectivity index (χ3n) is 3.91. The number of thiophene rings is 1. The minimum Gasteiger partial charge on any atom is -0.469 e. The summed E-state index contributed by atoms with van der Waals surface area (Å²) in [4.78, 5) is 38.4. The maximum atomic E-state index is 12.9. The van der Waals surface area contributed by atoms with Gasteiger partial charge in [0.05, 0.1) is 18.6 Å². The van der Waals surface area contributed by atoms with Crippen LogP contribution in [0.4, 0.5) is 0 Å². The highest BCUT2D eigenvalue weighted by atomic mass is 35.5. The van der Waals surface area contributed by atoms with Crippen LogP contribution in [0.5, 0.6) is 0 Å². The van der Waals surface area contributed by atoms with Crippen molar-refractivity contribution in [2.45, 2.75) is 12.5 Å². The quantitative estimate of drug-likeness (QED) is 0.844. The van der Waals surface area contributed by atoms with Gasteiger partial charge in [0.25, 0.3) is 5.91 Å². The molecular formula is C16H15ClN2O4S. The average Bonchev–Trinajstić information content (AvgIpc) is 2.93. The lowest BCUT2D eigenvalue weighted by Crippen LogP contribution is -2.57. The van der Waals surface area contributed by atoms with E-state index in [4.69, 9.17) is 11.6 Å². The van der Waals surface area contributed by atoms with Gasteiger partial charge in [0.2, 0.25) is 5.91 Å². The topological polar surface area (TPSA) is 75.7 Å². The van der Waals surface area contributed by atoms with Crippen molar-refractivity contribution in [3.63, 3.8) is 0 Å². The zero-order valence-corrected chi connectivity index (χ0v) is 14.4. The number of carbonyl (C=O) groups is 3. The van der Waals surface area contributed by atoms with Crippen LogP contribution in [0.15, 0.2) is 24.3 Å². The molecule has 0 bridgehead atoms. The Morgan fingerprint density at radius 2 is 2.17 bits per heavy atom. The number of esters is 1. The number of nitrogens with zero attached hydrogens (tertiary/aromatic N) is 1. The average molecular weight is 367 g/mol. The lowest BCUT2D eigenvalue weighted by atomic mass is 10.1. The Balaban J connectivity index is 1.94. The summed E-state index contributed by atoms with van der Waals surface area (Å²) in [5.74, 6) is -1.25. The van der Waals surface area contributed by atoms with Gasteiger partial charge < -0.3 is 15.0 Å². The first-order chi connectivity index (χ1) is 11.5. The van der Waals surface area contributed by atoms with Crippen molar-refractivity contribution in [2.24, 2.45) is 0 Å². The molecule has 0 unspecified atom stereocenters. The Hall–Kier alpha value is -2.12. The van der Waals surface area contributed by atoms with E-state index in [1.54, 1.807) is 0 Å². The van der Waals surface area contributed by atoms with E-state index < -0.39 is 12.0 Å². The molecule has 1 atom stereocenters. The maximum absolute atomic E-state index is 12.9. The fourth-order valence-electron chi connectivity index (χ4n) is 2.68. The highest BCUT2D eigenvalue weighted by Crippen LogP contribution is 2.36. The molecule has 1 fully saturated rings. The summed E-state index contributed by atoms with van der Waals surface area (Å²) in [7, 11) is 1.25. The minimum absolute atomic E-state index is 0.184. The predicted octanol–water partition coefficient (Wildman–Crippen LogP) is 2.06. The number of benzene rings is 1. The van der Waals surface area contributed by atoms with Gasteiger partial charge in [-0.3, -0.25) is 14.4 Å². The highest BCUT2D eigenvalue weighted by Gasteiger charge is 2.36. The van der Waals surface area contributed by atoms with Crippen molar-refractivity contribution < 1.29 is 19.1 Å². The number of carbonyl (C=O) groups excluding carboxylic acids is 3. The Labute approximate surface area is 147 Å². The van der Waals surface area contributed by atoms with Crippen molar-refractivity contribution in [3.8, 4) is 0 Å². The van der Waals surface area contributed by atoms with E-state index in [1.165, 1.54) is 23.3 Å². The molecule has 2 heterocycles. The van der Waals surface area contributed by atoms with Gasteiger partial charge in [-0.2, -0.15) is 0 Å². The summed E-state index contributed by atoms with van der Waals surface area (Å²) in [6.45, 7) is 0.654. The van der Waals surface area contributed by atoms with Crippen molar-refractivity contribution >= 4 is 50.8 Å². The molecule has 0 saturated carbocycles. The number of rotatable bonds is 3.